The lowest BCUT2D eigenvalue weighted by atomic mass is 10.1. The number of likely N-dealkylation sites (N-methyl/N-ethyl adjacent to an activating group) is 1. The molecule has 1 amide bonds. The molecule has 0 radical (unpaired) electrons. The molecule has 0 unspecified atom stereocenters. The van der Waals surface area contributed by atoms with Gasteiger partial charge in [-0.05, 0) is 62.9 Å². The van der Waals surface area contributed by atoms with Crippen LogP contribution in [0.1, 0.15) is 38.8 Å². The molecule has 0 aliphatic heterocycles. The summed E-state index contributed by atoms with van der Waals surface area (Å²) in [5.41, 5.74) is 3.01. The molecule has 172 valence electrons. The molecule has 0 saturated heterocycles. The van der Waals surface area contributed by atoms with Crippen molar-refractivity contribution >= 4 is 29.2 Å². The number of esters is 1. The second kappa shape index (κ2) is 13.6. The van der Waals surface area contributed by atoms with Crippen molar-refractivity contribution in [2.75, 3.05) is 32.1 Å². The van der Waals surface area contributed by atoms with Crippen LogP contribution in [0.2, 0.25) is 0 Å². The Kier molecular flexibility index (Phi) is 10.9. The molecular weight excluding hydrogens is 422 g/mol. The molecule has 0 aliphatic carbocycles. The van der Waals surface area contributed by atoms with E-state index in [1.54, 1.807) is 29.7 Å². The summed E-state index contributed by atoms with van der Waals surface area (Å²) in [5.74, 6) is 1.09. The fourth-order valence-electron chi connectivity index (χ4n) is 3.14. The van der Waals surface area contributed by atoms with Gasteiger partial charge in [-0.2, -0.15) is 0 Å². The number of amides is 1. The molecular formula is C26H33NO4S. The Morgan fingerprint density at radius 3 is 2.41 bits per heavy atom. The fourth-order valence-corrected chi connectivity index (χ4v) is 4.13. The summed E-state index contributed by atoms with van der Waals surface area (Å²) in [6.07, 6.45) is 2.58. The van der Waals surface area contributed by atoms with E-state index in [4.69, 9.17) is 9.47 Å². The zero-order valence-electron chi connectivity index (χ0n) is 19.4. The second-order valence-electron chi connectivity index (χ2n) is 7.18. The zero-order valence-corrected chi connectivity index (χ0v) is 20.2. The molecule has 0 heterocycles. The predicted octanol–water partition coefficient (Wildman–Crippen LogP) is 5.24. The maximum Gasteiger partial charge on any atom is 0.344 e. The number of hydrogen-bond acceptors (Lipinski definition) is 5. The number of rotatable bonds is 12. The van der Waals surface area contributed by atoms with Crippen LogP contribution in [0.25, 0.3) is 5.57 Å². The standard InChI is InChI=1S/C26H33NO4S/c1-5-27(6-2)25(28)17-20(4)22-13-14-24(23(18-22)31-19-26(29)30-7-3)32-16-15-21-11-9-8-10-12-21/h8-14,17-18H,5-7,15-16,19H2,1-4H3/b20-17+. The SMILES string of the molecule is CCOC(=O)COc1cc(/C(C)=C/C(=O)N(CC)CC)ccc1SCCc1ccccc1. The van der Waals surface area contributed by atoms with Gasteiger partial charge < -0.3 is 14.4 Å². The van der Waals surface area contributed by atoms with Gasteiger partial charge >= 0.3 is 5.97 Å². The van der Waals surface area contributed by atoms with E-state index in [0.29, 0.717) is 25.4 Å². The van der Waals surface area contributed by atoms with Gasteiger partial charge in [0, 0.05) is 29.8 Å². The predicted molar refractivity (Wildman–Crippen MR) is 131 cm³/mol. The summed E-state index contributed by atoms with van der Waals surface area (Å²) >= 11 is 1.68. The Morgan fingerprint density at radius 2 is 1.75 bits per heavy atom. The first kappa shape index (κ1) is 25.5. The van der Waals surface area contributed by atoms with Crippen molar-refractivity contribution in [2.24, 2.45) is 0 Å². The third kappa shape index (κ3) is 8.08. The molecule has 0 atom stereocenters. The van der Waals surface area contributed by atoms with Crippen LogP contribution in [-0.4, -0.2) is 48.8 Å². The Hall–Kier alpha value is -2.73. The van der Waals surface area contributed by atoms with Gasteiger partial charge in [-0.15, -0.1) is 11.8 Å². The van der Waals surface area contributed by atoms with Crippen molar-refractivity contribution in [3.05, 3.63) is 65.7 Å². The van der Waals surface area contributed by atoms with Crippen LogP contribution in [0.5, 0.6) is 5.75 Å². The first-order valence-corrected chi connectivity index (χ1v) is 12.0. The minimum atomic E-state index is -0.401. The molecule has 2 aromatic carbocycles. The van der Waals surface area contributed by atoms with E-state index >= 15 is 0 Å². The van der Waals surface area contributed by atoms with Crippen molar-refractivity contribution in [3.63, 3.8) is 0 Å². The molecule has 0 spiro atoms. The number of nitrogens with zero attached hydrogens (tertiary/aromatic N) is 1. The van der Waals surface area contributed by atoms with Crippen LogP contribution in [0, 0.1) is 0 Å². The summed E-state index contributed by atoms with van der Waals surface area (Å²) in [6.45, 7) is 9.12. The highest BCUT2D eigenvalue weighted by molar-refractivity contribution is 7.99. The van der Waals surface area contributed by atoms with Gasteiger partial charge in [0.1, 0.15) is 5.75 Å². The molecule has 0 N–H and O–H groups in total. The van der Waals surface area contributed by atoms with Gasteiger partial charge in [0.25, 0.3) is 0 Å². The van der Waals surface area contributed by atoms with E-state index in [2.05, 4.69) is 12.1 Å². The number of ether oxygens (including phenoxy) is 2. The van der Waals surface area contributed by atoms with Gasteiger partial charge in [0.2, 0.25) is 5.91 Å². The number of carbonyl (C=O) groups excluding carboxylic acids is 2. The number of benzene rings is 2. The average Bonchev–Trinajstić information content (AvgIpc) is 2.80. The van der Waals surface area contributed by atoms with Crippen LogP contribution < -0.4 is 4.74 Å². The Morgan fingerprint density at radius 1 is 1.03 bits per heavy atom. The highest BCUT2D eigenvalue weighted by Gasteiger charge is 2.12. The van der Waals surface area contributed by atoms with Crippen molar-refractivity contribution in [3.8, 4) is 5.75 Å². The van der Waals surface area contributed by atoms with Crippen LogP contribution in [0.15, 0.2) is 59.5 Å². The maximum absolute atomic E-state index is 12.5. The van der Waals surface area contributed by atoms with E-state index in [1.165, 1.54) is 5.56 Å². The van der Waals surface area contributed by atoms with Crippen LogP contribution in [-0.2, 0) is 20.7 Å². The molecule has 6 heteroatoms. The third-order valence-electron chi connectivity index (χ3n) is 4.96. The first-order chi connectivity index (χ1) is 15.5. The smallest absolute Gasteiger partial charge is 0.344 e. The van der Waals surface area contributed by atoms with E-state index in [-0.39, 0.29) is 12.5 Å². The first-order valence-electron chi connectivity index (χ1n) is 11.0. The van der Waals surface area contributed by atoms with E-state index in [0.717, 1.165) is 28.2 Å². The van der Waals surface area contributed by atoms with E-state index in [1.807, 2.05) is 57.2 Å². The van der Waals surface area contributed by atoms with Crippen molar-refractivity contribution in [1.82, 2.24) is 4.90 Å². The summed E-state index contributed by atoms with van der Waals surface area (Å²) in [7, 11) is 0. The highest BCUT2D eigenvalue weighted by Crippen LogP contribution is 2.33. The van der Waals surface area contributed by atoms with Gasteiger partial charge in [0.15, 0.2) is 6.61 Å². The Labute approximate surface area is 195 Å². The highest BCUT2D eigenvalue weighted by atomic mass is 32.2. The normalized spacial score (nSPS) is 11.2. The number of aryl methyl sites for hydroxylation is 1. The molecule has 0 fully saturated rings. The topological polar surface area (TPSA) is 55.8 Å². The molecule has 0 aromatic heterocycles. The second-order valence-corrected chi connectivity index (χ2v) is 8.31. The van der Waals surface area contributed by atoms with Crippen LogP contribution in [0.4, 0.5) is 0 Å². The van der Waals surface area contributed by atoms with Gasteiger partial charge in [-0.25, -0.2) is 4.79 Å². The zero-order chi connectivity index (χ0) is 23.3. The number of allylic oxidation sites excluding steroid dienone is 1. The number of thioether (sulfide) groups is 1. The number of carbonyl (C=O) groups is 2. The van der Waals surface area contributed by atoms with Gasteiger partial charge in [-0.1, -0.05) is 36.4 Å². The van der Waals surface area contributed by atoms with E-state index in [9.17, 15) is 9.59 Å². The number of hydrogen-bond donors (Lipinski definition) is 0. The molecule has 0 aliphatic rings. The Bertz CT molecular complexity index is 907. The molecule has 32 heavy (non-hydrogen) atoms. The molecule has 0 saturated carbocycles. The lowest BCUT2D eigenvalue weighted by Crippen LogP contribution is -2.28. The van der Waals surface area contributed by atoms with Gasteiger partial charge in [-0.3, -0.25) is 4.79 Å². The van der Waals surface area contributed by atoms with Crippen molar-refractivity contribution in [2.45, 2.75) is 39.0 Å². The monoisotopic (exact) mass is 455 g/mol. The molecule has 5 nitrogen and oxygen atoms in total. The minimum Gasteiger partial charge on any atom is -0.481 e. The van der Waals surface area contributed by atoms with Crippen LogP contribution in [0.3, 0.4) is 0 Å². The lowest BCUT2D eigenvalue weighted by molar-refractivity contribution is -0.145. The quantitative estimate of drug-likeness (QED) is 0.249. The average molecular weight is 456 g/mol. The summed E-state index contributed by atoms with van der Waals surface area (Å²) in [4.78, 5) is 27.0. The molecule has 0 bridgehead atoms. The summed E-state index contributed by atoms with van der Waals surface area (Å²) in [6, 6.07) is 16.2. The van der Waals surface area contributed by atoms with Crippen molar-refractivity contribution in [1.29, 1.82) is 0 Å². The molecule has 2 aromatic rings. The largest absolute Gasteiger partial charge is 0.481 e. The van der Waals surface area contributed by atoms with Crippen LogP contribution >= 0.6 is 11.8 Å². The van der Waals surface area contributed by atoms with Crippen molar-refractivity contribution < 1.29 is 19.1 Å². The molecule has 2 rings (SSSR count). The summed E-state index contributed by atoms with van der Waals surface area (Å²) < 4.78 is 10.8. The Balaban J connectivity index is 2.18. The maximum atomic E-state index is 12.5. The summed E-state index contributed by atoms with van der Waals surface area (Å²) in [5, 5.41) is 0. The van der Waals surface area contributed by atoms with Gasteiger partial charge in [0.05, 0.1) is 6.61 Å². The fraction of sp³-hybridized carbons (Fsp3) is 0.385. The lowest BCUT2D eigenvalue weighted by Gasteiger charge is -2.17. The van der Waals surface area contributed by atoms with E-state index < -0.39 is 5.97 Å². The third-order valence-corrected chi connectivity index (χ3v) is 6.01. The minimum absolute atomic E-state index is 0.0113.